The van der Waals surface area contributed by atoms with Crippen molar-refractivity contribution in [3.63, 3.8) is 0 Å². The molecule has 0 saturated carbocycles. The number of aryl methyl sites for hydroxylation is 1. The normalized spacial score (nSPS) is 16.4. The van der Waals surface area contributed by atoms with Crippen molar-refractivity contribution in [1.29, 1.82) is 0 Å². The lowest BCUT2D eigenvalue weighted by Crippen LogP contribution is -2.27. The second-order valence-corrected chi connectivity index (χ2v) is 10.6. The van der Waals surface area contributed by atoms with Gasteiger partial charge in [-0.2, -0.15) is 0 Å². The average Bonchev–Trinajstić information content (AvgIpc) is 2.83. The fraction of sp³-hybridized carbons (Fsp3) is 0.476. The summed E-state index contributed by atoms with van der Waals surface area (Å²) in [6, 6.07) is 8.19. The molecule has 1 aromatic carbocycles. The van der Waals surface area contributed by atoms with Crippen molar-refractivity contribution >= 4 is 33.2 Å². The molecule has 2 aromatic rings. The van der Waals surface area contributed by atoms with Crippen molar-refractivity contribution in [2.45, 2.75) is 59.5 Å². The number of thiophene rings is 1. The van der Waals surface area contributed by atoms with E-state index in [1.807, 2.05) is 32.9 Å². The topological polar surface area (TPSA) is 26.3 Å². The summed E-state index contributed by atoms with van der Waals surface area (Å²) < 4.78 is 6.80. The number of rotatable bonds is 2. The zero-order valence-corrected chi connectivity index (χ0v) is 17.9. The highest BCUT2D eigenvalue weighted by Crippen LogP contribution is 2.45. The van der Waals surface area contributed by atoms with Gasteiger partial charge in [0.1, 0.15) is 5.60 Å². The van der Waals surface area contributed by atoms with Crippen molar-refractivity contribution in [2.75, 3.05) is 0 Å². The summed E-state index contributed by atoms with van der Waals surface area (Å²) in [6.07, 6.45) is 3.14. The van der Waals surface area contributed by atoms with Crippen molar-refractivity contribution in [3.05, 3.63) is 44.7 Å². The molecule has 0 N–H and O–H groups in total. The molecule has 4 heteroatoms. The molecule has 0 radical (unpaired) electrons. The van der Waals surface area contributed by atoms with Gasteiger partial charge in [0.15, 0.2) is 0 Å². The van der Waals surface area contributed by atoms with Crippen LogP contribution in [0.25, 0.3) is 10.4 Å². The van der Waals surface area contributed by atoms with Gasteiger partial charge in [-0.15, -0.1) is 11.3 Å². The summed E-state index contributed by atoms with van der Waals surface area (Å²) in [6.45, 7) is 10.3. The van der Waals surface area contributed by atoms with Gasteiger partial charge in [-0.1, -0.05) is 41.9 Å². The highest BCUT2D eigenvalue weighted by molar-refractivity contribution is 9.10. The first-order valence-corrected chi connectivity index (χ1v) is 10.3. The molecule has 0 bridgehead atoms. The summed E-state index contributed by atoms with van der Waals surface area (Å²) >= 11 is 5.25. The van der Waals surface area contributed by atoms with Crippen LogP contribution in [0.3, 0.4) is 0 Å². The van der Waals surface area contributed by atoms with Gasteiger partial charge < -0.3 is 4.74 Å². The summed E-state index contributed by atoms with van der Waals surface area (Å²) in [4.78, 5) is 15.4. The highest BCUT2D eigenvalue weighted by Gasteiger charge is 2.34. The first kappa shape index (κ1) is 18.7. The van der Waals surface area contributed by atoms with Crippen LogP contribution in [-0.4, -0.2) is 11.6 Å². The Balaban J connectivity index is 2.13. The van der Waals surface area contributed by atoms with Gasteiger partial charge in [-0.25, -0.2) is 4.79 Å². The van der Waals surface area contributed by atoms with Gasteiger partial charge in [-0.3, -0.25) is 0 Å². The fourth-order valence-corrected chi connectivity index (χ4v) is 4.84. The first-order valence-electron chi connectivity index (χ1n) is 8.70. The molecule has 0 amide bonds. The first-order chi connectivity index (χ1) is 11.6. The van der Waals surface area contributed by atoms with Crippen LogP contribution in [0.5, 0.6) is 0 Å². The number of esters is 1. The standard InChI is InChI=1S/C21H25BrO2S/c1-20(2,3)24-19(23)17-15-12-21(4,5)11-10-16(15)25-18(17)13-6-8-14(22)9-7-13/h6-9H,10-12H2,1-5H3. The molecular formula is C21H25BrO2S. The Morgan fingerprint density at radius 3 is 2.44 bits per heavy atom. The van der Waals surface area contributed by atoms with E-state index in [-0.39, 0.29) is 11.4 Å². The lowest BCUT2D eigenvalue weighted by Gasteiger charge is -2.30. The van der Waals surface area contributed by atoms with E-state index in [0.29, 0.717) is 0 Å². The van der Waals surface area contributed by atoms with Gasteiger partial charge in [0, 0.05) is 14.2 Å². The Bertz CT molecular complexity index is 795. The molecule has 1 aliphatic carbocycles. The smallest absolute Gasteiger partial charge is 0.340 e. The molecule has 1 aliphatic rings. The third-order valence-electron chi connectivity index (χ3n) is 4.48. The molecule has 134 valence electrons. The van der Waals surface area contributed by atoms with E-state index >= 15 is 0 Å². The Labute approximate surface area is 162 Å². The minimum Gasteiger partial charge on any atom is -0.456 e. The summed E-state index contributed by atoms with van der Waals surface area (Å²) in [7, 11) is 0. The Morgan fingerprint density at radius 2 is 1.84 bits per heavy atom. The molecule has 0 saturated heterocycles. The van der Waals surface area contributed by atoms with Crippen molar-refractivity contribution in [3.8, 4) is 10.4 Å². The minimum absolute atomic E-state index is 0.194. The molecule has 1 heterocycles. The molecule has 0 fully saturated rings. The predicted molar refractivity (Wildman–Crippen MR) is 108 cm³/mol. The van der Waals surface area contributed by atoms with Crippen LogP contribution in [0.15, 0.2) is 28.7 Å². The number of hydrogen-bond acceptors (Lipinski definition) is 3. The average molecular weight is 421 g/mol. The van der Waals surface area contributed by atoms with Crippen molar-refractivity contribution < 1.29 is 9.53 Å². The number of fused-ring (bicyclic) bond motifs is 1. The van der Waals surface area contributed by atoms with Crippen LogP contribution < -0.4 is 0 Å². The monoisotopic (exact) mass is 420 g/mol. The Hall–Kier alpha value is -1.13. The number of carbonyl (C=O) groups is 1. The third-order valence-corrected chi connectivity index (χ3v) is 6.35. The number of halogens is 1. The summed E-state index contributed by atoms with van der Waals surface area (Å²) in [5, 5.41) is 0. The number of hydrogen-bond donors (Lipinski definition) is 0. The molecule has 3 rings (SSSR count). The van der Waals surface area contributed by atoms with Crippen molar-refractivity contribution in [2.24, 2.45) is 5.41 Å². The largest absolute Gasteiger partial charge is 0.456 e. The van der Waals surface area contributed by atoms with Crippen LogP contribution in [0.1, 0.15) is 61.8 Å². The van der Waals surface area contributed by atoms with Gasteiger partial charge in [-0.05, 0) is 68.7 Å². The molecule has 25 heavy (non-hydrogen) atoms. The van der Waals surface area contributed by atoms with Crippen LogP contribution in [-0.2, 0) is 17.6 Å². The predicted octanol–water partition coefficient (Wildman–Crippen LogP) is 6.65. The van der Waals surface area contributed by atoms with E-state index in [9.17, 15) is 4.79 Å². The maximum atomic E-state index is 13.0. The molecule has 0 spiro atoms. The third kappa shape index (κ3) is 4.17. The van der Waals surface area contributed by atoms with Gasteiger partial charge >= 0.3 is 5.97 Å². The van der Waals surface area contributed by atoms with Crippen molar-refractivity contribution in [1.82, 2.24) is 0 Å². The van der Waals surface area contributed by atoms with E-state index in [2.05, 4.69) is 41.9 Å². The molecule has 0 unspecified atom stereocenters. The quantitative estimate of drug-likeness (QED) is 0.508. The number of carbonyl (C=O) groups excluding carboxylic acids is 1. The van der Waals surface area contributed by atoms with Crippen LogP contribution >= 0.6 is 27.3 Å². The maximum Gasteiger partial charge on any atom is 0.340 e. The van der Waals surface area contributed by atoms with E-state index in [1.165, 1.54) is 10.4 Å². The molecule has 2 nitrogen and oxygen atoms in total. The van der Waals surface area contributed by atoms with E-state index in [4.69, 9.17) is 4.74 Å². The second-order valence-electron chi connectivity index (χ2n) is 8.56. The maximum absolute atomic E-state index is 13.0. The SMILES string of the molecule is CC1(C)CCc2sc(-c3ccc(Br)cc3)c(C(=O)OC(C)(C)C)c2C1. The van der Waals surface area contributed by atoms with Crippen LogP contribution in [0.4, 0.5) is 0 Å². The van der Waals surface area contributed by atoms with Gasteiger partial charge in [0.05, 0.1) is 5.56 Å². The number of benzene rings is 1. The highest BCUT2D eigenvalue weighted by atomic mass is 79.9. The lowest BCUT2D eigenvalue weighted by molar-refractivity contribution is 0.00691. The lowest BCUT2D eigenvalue weighted by atomic mass is 9.76. The van der Waals surface area contributed by atoms with Gasteiger partial charge in [0.25, 0.3) is 0 Å². The van der Waals surface area contributed by atoms with Crippen LogP contribution in [0, 0.1) is 5.41 Å². The minimum atomic E-state index is -0.493. The van der Waals surface area contributed by atoms with Gasteiger partial charge in [0.2, 0.25) is 0 Å². The molecule has 0 atom stereocenters. The van der Waals surface area contributed by atoms with E-state index in [1.54, 1.807) is 11.3 Å². The van der Waals surface area contributed by atoms with E-state index in [0.717, 1.165) is 39.7 Å². The fourth-order valence-electron chi connectivity index (χ4n) is 3.27. The molecule has 1 aromatic heterocycles. The van der Waals surface area contributed by atoms with Crippen LogP contribution in [0.2, 0.25) is 0 Å². The zero-order chi connectivity index (χ0) is 18.4. The molecule has 0 aliphatic heterocycles. The zero-order valence-electron chi connectivity index (χ0n) is 15.5. The number of ether oxygens (including phenoxy) is 1. The Kier molecular flexibility index (Phi) is 4.89. The molecular weight excluding hydrogens is 396 g/mol. The summed E-state index contributed by atoms with van der Waals surface area (Å²) in [5.41, 5.74) is 2.80. The second kappa shape index (κ2) is 6.55. The van der Waals surface area contributed by atoms with E-state index < -0.39 is 5.60 Å². The summed E-state index contributed by atoms with van der Waals surface area (Å²) in [5.74, 6) is -0.194. The Morgan fingerprint density at radius 1 is 1.20 bits per heavy atom.